The largest absolute Gasteiger partial charge is 0.383 e. The Bertz CT molecular complexity index is 724. The highest BCUT2D eigenvalue weighted by Gasteiger charge is 2.17. The highest BCUT2D eigenvalue weighted by Crippen LogP contribution is 2.24. The predicted octanol–water partition coefficient (Wildman–Crippen LogP) is 2.48. The number of likely N-dealkylation sites (N-methyl/N-ethyl adjacent to an activating group) is 1. The Kier molecular flexibility index (Phi) is 5.97. The molecule has 0 bridgehead atoms. The number of nitrogens with zero attached hydrogens (tertiary/aromatic N) is 2. The molecule has 2 aromatic rings. The molecule has 0 radical (unpaired) electrons. The van der Waals surface area contributed by atoms with E-state index >= 15 is 0 Å². The third kappa shape index (κ3) is 5.19. The molecule has 0 spiro atoms. The predicted molar refractivity (Wildman–Crippen MR) is 95.8 cm³/mol. The number of aromatic nitrogens is 1. The fourth-order valence-corrected chi connectivity index (χ4v) is 4.17. The van der Waals surface area contributed by atoms with E-state index in [-0.39, 0.29) is 0 Å². The lowest BCUT2D eigenvalue weighted by molar-refractivity contribution is 0.425. The van der Waals surface area contributed by atoms with Crippen LogP contribution in [0.25, 0.3) is 0 Å². The van der Waals surface area contributed by atoms with Crippen LogP contribution in [0.5, 0.6) is 0 Å². The van der Waals surface area contributed by atoms with E-state index in [1.54, 1.807) is 18.3 Å². The zero-order valence-corrected chi connectivity index (χ0v) is 15.2. The first-order chi connectivity index (χ1) is 10.9. The molecule has 2 heterocycles. The monoisotopic (exact) mass is 354 g/mol. The van der Waals surface area contributed by atoms with E-state index in [1.807, 2.05) is 33.2 Å². The van der Waals surface area contributed by atoms with E-state index in [0.29, 0.717) is 10.0 Å². The van der Waals surface area contributed by atoms with Gasteiger partial charge in [-0.05, 0) is 44.8 Å². The van der Waals surface area contributed by atoms with Gasteiger partial charge in [0, 0.05) is 18.0 Å². The fourth-order valence-electron chi connectivity index (χ4n) is 1.86. The van der Waals surface area contributed by atoms with Gasteiger partial charge in [-0.3, -0.25) is 4.72 Å². The molecule has 0 saturated heterocycles. The molecule has 8 heteroatoms. The standard InChI is InChI=1S/C15H22N4O2S2/c1-4-13-6-8-15(22-13)23(20,21)18-14-7-5-12(11-17-14)16-9-10-19(2)3/h5-8,11,16H,4,9-10H2,1-3H3,(H,17,18). The molecule has 0 unspecified atom stereocenters. The molecular formula is C15H22N4O2S2. The first kappa shape index (κ1) is 17.7. The lowest BCUT2D eigenvalue weighted by atomic mass is 10.4. The van der Waals surface area contributed by atoms with Crippen LogP contribution >= 0.6 is 11.3 Å². The summed E-state index contributed by atoms with van der Waals surface area (Å²) in [6.45, 7) is 3.71. The number of pyridine rings is 1. The Morgan fingerprint density at radius 2 is 2.00 bits per heavy atom. The van der Waals surface area contributed by atoms with Crippen molar-refractivity contribution in [3.63, 3.8) is 0 Å². The Labute approximate surface area is 141 Å². The molecule has 0 fully saturated rings. The van der Waals surface area contributed by atoms with Crippen molar-refractivity contribution in [3.8, 4) is 0 Å². The minimum absolute atomic E-state index is 0.310. The van der Waals surface area contributed by atoms with E-state index in [9.17, 15) is 8.42 Å². The lowest BCUT2D eigenvalue weighted by Gasteiger charge is -2.11. The van der Waals surface area contributed by atoms with Crippen molar-refractivity contribution >= 4 is 32.9 Å². The van der Waals surface area contributed by atoms with Crippen LogP contribution < -0.4 is 10.0 Å². The maximum atomic E-state index is 12.3. The molecule has 0 amide bonds. The van der Waals surface area contributed by atoms with Gasteiger partial charge in [0.1, 0.15) is 10.0 Å². The Morgan fingerprint density at radius 3 is 2.57 bits per heavy atom. The van der Waals surface area contributed by atoms with Gasteiger partial charge in [-0.1, -0.05) is 6.92 Å². The summed E-state index contributed by atoms with van der Waals surface area (Å²) in [6, 6.07) is 6.93. The van der Waals surface area contributed by atoms with Gasteiger partial charge in [-0.15, -0.1) is 11.3 Å². The van der Waals surface area contributed by atoms with Gasteiger partial charge in [-0.25, -0.2) is 13.4 Å². The van der Waals surface area contributed by atoms with Gasteiger partial charge in [-0.2, -0.15) is 0 Å². The van der Waals surface area contributed by atoms with Crippen LogP contribution in [-0.2, 0) is 16.4 Å². The SMILES string of the molecule is CCc1ccc(S(=O)(=O)Nc2ccc(NCCN(C)C)cn2)s1. The molecular weight excluding hydrogens is 332 g/mol. The summed E-state index contributed by atoms with van der Waals surface area (Å²) in [6.07, 6.45) is 2.45. The molecule has 0 aliphatic carbocycles. The summed E-state index contributed by atoms with van der Waals surface area (Å²) in [5.41, 5.74) is 0.860. The third-order valence-electron chi connectivity index (χ3n) is 3.14. The van der Waals surface area contributed by atoms with Crippen LogP contribution in [0.1, 0.15) is 11.8 Å². The summed E-state index contributed by atoms with van der Waals surface area (Å²) in [7, 11) is 0.448. The van der Waals surface area contributed by atoms with E-state index < -0.39 is 10.0 Å². The minimum Gasteiger partial charge on any atom is -0.383 e. The van der Waals surface area contributed by atoms with E-state index in [1.165, 1.54) is 11.3 Å². The molecule has 0 aromatic carbocycles. The Hall–Kier alpha value is -1.64. The quantitative estimate of drug-likeness (QED) is 0.762. The van der Waals surface area contributed by atoms with Crippen LogP contribution in [0.2, 0.25) is 0 Å². The average molecular weight is 355 g/mol. The molecule has 23 heavy (non-hydrogen) atoms. The first-order valence-corrected chi connectivity index (χ1v) is 9.67. The van der Waals surface area contributed by atoms with Crippen LogP contribution in [0.4, 0.5) is 11.5 Å². The first-order valence-electron chi connectivity index (χ1n) is 7.37. The van der Waals surface area contributed by atoms with Gasteiger partial charge < -0.3 is 10.2 Å². The number of anilines is 2. The summed E-state index contributed by atoms with van der Waals surface area (Å²) < 4.78 is 27.4. The van der Waals surface area contributed by atoms with Crippen LogP contribution in [0.15, 0.2) is 34.7 Å². The van der Waals surface area contributed by atoms with Crippen molar-refractivity contribution < 1.29 is 8.42 Å². The highest BCUT2D eigenvalue weighted by molar-refractivity contribution is 7.94. The molecule has 2 rings (SSSR count). The zero-order valence-electron chi connectivity index (χ0n) is 13.5. The molecule has 0 aliphatic rings. The fraction of sp³-hybridized carbons (Fsp3) is 0.400. The summed E-state index contributed by atoms with van der Waals surface area (Å²) in [5, 5.41) is 3.23. The number of nitrogens with one attached hydrogen (secondary N) is 2. The van der Waals surface area contributed by atoms with Crippen molar-refractivity contribution in [3.05, 3.63) is 35.3 Å². The lowest BCUT2D eigenvalue weighted by Crippen LogP contribution is -2.20. The topological polar surface area (TPSA) is 74.3 Å². The minimum atomic E-state index is -3.56. The van der Waals surface area contributed by atoms with Gasteiger partial charge in [0.15, 0.2) is 0 Å². The number of aryl methyl sites for hydroxylation is 1. The van der Waals surface area contributed by atoms with E-state index in [2.05, 4.69) is 19.9 Å². The molecule has 0 saturated carbocycles. The molecule has 126 valence electrons. The number of hydrogen-bond acceptors (Lipinski definition) is 6. The van der Waals surface area contributed by atoms with Crippen LogP contribution in [-0.4, -0.2) is 45.5 Å². The summed E-state index contributed by atoms with van der Waals surface area (Å²) >= 11 is 1.28. The average Bonchev–Trinajstić information content (AvgIpc) is 2.98. The second-order valence-electron chi connectivity index (χ2n) is 5.34. The normalized spacial score (nSPS) is 11.7. The van der Waals surface area contributed by atoms with Crippen molar-refractivity contribution in [1.82, 2.24) is 9.88 Å². The second-order valence-corrected chi connectivity index (χ2v) is 8.42. The smallest absolute Gasteiger partial charge is 0.272 e. The number of thiophene rings is 1. The number of rotatable bonds is 8. The van der Waals surface area contributed by atoms with E-state index in [4.69, 9.17) is 0 Å². The Morgan fingerprint density at radius 1 is 1.22 bits per heavy atom. The van der Waals surface area contributed by atoms with Crippen molar-refractivity contribution in [2.24, 2.45) is 0 Å². The molecule has 0 aliphatic heterocycles. The molecule has 6 nitrogen and oxygen atoms in total. The summed E-state index contributed by atoms with van der Waals surface area (Å²) in [4.78, 5) is 7.27. The van der Waals surface area contributed by atoms with Gasteiger partial charge in [0.2, 0.25) is 0 Å². The van der Waals surface area contributed by atoms with Crippen LogP contribution in [0, 0.1) is 0 Å². The third-order valence-corrected chi connectivity index (χ3v) is 6.22. The number of hydrogen-bond donors (Lipinski definition) is 2. The molecule has 2 N–H and O–H groups in total. The van der Waals surface area contributed by atoms with Gasteiger partial charge in [0.25, 0.3) is 10.0 Å². The number of sulfonamides is 1. The highest BCUT2D eigenvalue weighted by atomic mass is 32.2. The van der Waals surface area contributed by atoms with Gasteiger partial charge >= 0.3 is 0 Å². The van der Waals surface area contributed by atoms with Crippen molar-refractivity contribution in [2.75, 3.05) is 37.2 Å². The second kappa shape index (κ2) is 7.76. The van der Waals surface area contributed by atoms with Crippen molar-refractivity contribution in [2.45, 2.75) is 17.6 Å². The van der Waals surface area contributed by atoms with Crippen LogP contribution in [0.3, 0.4) is 0 Å². The Balaban J connectivity index is 1.99. The van der Waals surface area contributed by atoms with Gasteiger partial charge in [0.05, 0.1) is 11.9 Å². The molecule has 0 atom stereocenters. The van der Waals surface area contributed by atoms with E-state index in [0.717, 1.165) is 30.1 Å². The zero-order chi connectivity index (χ0) is 16.9. The summed E-state index contributed by atoms with van der Waals surface area (Å²) in [5.74, 6) is 0.314. The maximum Gasteiger partial charge on any atom is 0.272 e. The maximum absolute atomic E-state index is 12.3. The van der Waals surface area contributed by atoms with Crippen molar-refractivity contribution in [1.29, 1.82) is 0 Å². The molecule has 2 aromatic heterocycles.